The van der Waals surface area contributed by atoms with Crippen LogP contribution in [0.15, 0.2) is 48.5 Å². The van der Waals surface area contributed by atoms with E-state index in [1.165, 1.54) is 36.8 Å². The Morgan fingerprint density at radius 1 is 0.958 bits per heavy atom. The van der Waals surface area contributed by atoms with Crippen molar-refractivity contribution in [3.05, 3.63) is 59.7 Å². The summed E-state index contributed by atoms with van der Waals surface area (Å²) in [7, 11) is 1.71. The van der Waals surface area contributed by atoms with Gasteiger partial charge in [0.05, 0.1) is 19.8 Å². The molecule has 0 amide bonds. The highest BCUT2D eigenvalue weighted by molar-refractivity contribution is 5.42. The lowest BCUT2D eigenvalue weighted by Crippen LogP contribution is -2.87. The fraction of sp³-hybridized carbons (Fsp3) is 0.429. The molecule has 0 aromatic heterocycles. The van der Waals surface area contributed by atoms with Gasteiger partial charge in [-0.1, -0.05) is 30.3 Å². The summed E-state index contributed by atoms with van der Waals surface area (Å²) >= 11 is 0. The molecule has 128 valence electrons. The van der Waals surface area contributed by atoms with Crippen LogP contribution in [0, 0.1) is 0 Å². The van der Waals surface area contributed by atoms with Crippen LogP contribution in [0.2, 0.25) is 0 Å². The summed E-state index contributed by atoms with van der Waals surface area (Å²) in [6, 6.07) is 17.5. The van der Waals surface area contributed by atoms with Crippen molar-refractivity contribution in [2.45, 2.75) is 44.7 Å². The van der Waals surface area contributed by atoms with Crippen LogP contribution >= 0.6 is 0 Å². The zero-order chi connectivity index (χ0) is 16.6. The highest BCUT2D eigenvalue weighted by atomic mass is 16.5. The van der Waals surface area contributed by atoms with E-state index < -0.39 is 0 Å². The molecule has 0 heterocycles. The van der Waals surface area contributed by atoms with E-state index in [1.54, 1.807) is 7.11 Å². The Bertz CT molecular complexity index is 621. The predicted octanol–water partition coefficient (Wildman–Crippen LogP) is 3.32. The number of ether oxygens (including phenoxy) is 2. The number of methoxy groups -OCH3 is 1. The predicted molar refractivity (Wildman–Crippen MR) is 96.5 cm³/mol. The molecule has 3 nitrogen and oxygen atoms in total. The molecule has 2 N–H and O–H groups in total. The summed E-state index contributed by atoms with van der Waals surface area (Å²) in [6.07, 6.45) is 6.40. The van der Waals surface area contributed by atoms with Gasteiger partial charge in [0.15, 0.2) is 11.5 Å². The van der Waals surface area contributed by atoms with Crippen molar-refractivity contribution in [1.29, 1.82) is 0 Å². The third kappa shape index (κ3) is 4.75. The monoisotopic (exact) mass is 326 g/mol. The van der Waals surface area contributed by atoms with Crippen molar-refractivity contribution in [1.82, 2.24) is 0 Å². The van der Waals surface area contributed by atoms with Crippen LogP contribution in [0.4, 0.5) is 0 Å². The lowest BCUT2D eigenvalue weighted by atomic mass is 10.1. The first-order valence-corrected chi connectivity index (χ1v) is 9.02. The van der Waals surface area contributed by atoms with Gasteiger partial charge in [0, 0.05) is 12.0 Å². The lowest BCUT2D eigenvalue weighted by molar-refractivity contribution is -0.703. The standard InChI is InChI=1S/C21H27NO2/c1-23-21-15-18(16-22-19-9-5-6-10-19)11-12-20(21)24-14-13-17-7-3-2-4-8-17/h2-4,7-8,11-12,15,19,22H,5-6,9-10,13-14,16H2,1H3/p+1. The highest BCUT2D eigenvalue weighted by Crippen LogP contribution is 2.28. The van der Waals surface area contributed by atoms with Gasteiger partial charge in [-0.25, -0.2) is 0 Å². The number of hydrogen-bond donors (Lipinski definition) is 1. The molecule has 2 aromatic carbocycles. The molecule has 0 saturated heterocycles. The van der Waals surface area contributed by atoms with Crippen molar-refractivity contribution in [2.24, 2.45) is 0 Å². The second-order valence-corrected chi connectivity index (χ2v) is 6.55. The van der Waals surface area contributed by atoms with Crippen LogP contribution in [-0.4, -0.2) is 19.8 Å². The lowest BCUT2D eigenvalue weighted by Gasteiger charge is -2.13. The summed E-state index contributed by atoms with van der Waals surface area (Å²) in [5.74, 6) is 1.67. The van der Waals surface area contributed by atoms with Gasteiger partial charge in [-0.05, 0) is 49.4 Å². The number of nitrogens with two attached hydrogens (primary N) is 1. The quantitative estimate of drug-likeness (QED) is 0.807. The topological polar surface area (TPSA) is 35.1 Å². The molecule has 2 aromatic rings. The fourth-order valence-corrected chi connectivity index (χ4v) is 3.38. The molecule has 0 aliphatic heterocycles. The minimum absolute atomic E-state index is 0.661. The SMILES string of the molecule is COc1cc(C[NH2+]C2CCCC2)ccc1OCCc1ccccc1. The normalized spacial score (nSPS) is 14.7. The van der Waals surface area contributed by atoms with Crippen molar-refractivity contribution in [3.63, 3.8) is 0 Å². The molecule has 3 rings (SSSR count). The van der Waals surface area contributed by atoms with Crippen LogP contribution in [0.1, 0.15) is 36.8 Å². The van der Waals surface area contributed by atoms with E-state index in [-0.39, 0.29) is 0 Å². The Kier molecular flexibility index (Phi) is 6.13. The number of benzene rings is 2. The Balaban J connectivity index is 1.53. The molecule has 1 saturated carbocycles. The van der Waals surface area contributed by atoms with E-state index in [2.05, 4.69) is 41.7 Å². The third-order valence-corrected chi connectivity index (χ3v) is 4.81. The van der Waals surface area contributed by atoms with Gasteiger partial charge in [0.2, 0.25) is 0 Å². The molecule has 0 unspecified atom stereocenters. The Hall–Kier alpha value is -2.00. The Morgan fingerprint density at radius 3 is 2.50 bits per heavy atom. The average molecular weight is 326 g/mol. The Morgan fingerprint density at radius 2 is 1.75 bits per heavy atom. The molecule has 1 aliphatic carbocycles. The maximum Gasteiger partial charge on any atom is 0.161 e. The van der Waals surface area contributed by atoms with E-state index in [1.807, 2.05) is 12.1 Å². The number of quaternary nitrogens is 1. The minimum atomic E-state index is 0.661. The number of rotatable bonds is 8. The van der Waals surface area contributed by atoms with Crippen molar-refractivity contribution in [2.75, 3.05) is 13.7 Å². The first kappa shape index (κ1) is 16.8. The zero-order valence-corrected chi connectivity index (χ0v) is 14.5. The molecule has 3 heteroatoms. The van der Waals surface area contributed by atoms with Gasteiger partial charge in [0.25, 0.3) is 0 Å². The van der Waals surface area contributed by atoms with E-state index >= 15 is 0 Å². The molecule has 1 aliphatic rings. The summed E-state index contributed by atoms with van der Waals surface area (Å²) in [5, 5.41) is 2.47. The molecule has 0 radical (unpaired) electrons. The first-order valence-electron chi connectivity index (χ1n) is 9.02. The summed E-state index contributed by atoms with van der Waals surface area (Å²) in [6.45, 7) is 1.68. The van der Waals surface area contributed by atoms with Crippen LogP contribution in [0.3, 0.4) is 0 Å². The third-order valence-electron chi connectivity index (χ3n) is 4.81. The Labute approximate surface area is 145 Å². The molecular formula is C21H28NO2+. The molecular weight excluding hydrogens is 298 g/mol. The minimum Gasteiger partial charge on any atom is -0.493 e. The summed E-state index contributed by atoms with van der Waals surface area (Å²) in [5.41, 5.74) is 2.59. The summed E-state index contributed by atoms with van der Waals surface area (Å²) in [4.78, 5) is 0. The zero-order valence-electron chi connectivity index (χ0n) is 14.5. The van der Waals surface area contributed by atoms with E-state index in [4.69, 9.17) is 9.47 Å². The van der Waals surface area contributed by atoms with Gasteiger partial charge in [-0.15, -0.1) is 0 Å². The largest absolute Gasteiger partial charge is 0.493 e. The highest BCUT2D eigenvalue weighted by Gasteiger charge is 2.17. The van der Waals surface area contributed by atoms with E-state index in [9.17, 15) is 0 Å². The smallest absolute Gasteiger partial charge is 0.161 e. The van der Waals surface area contributed by atoms with Crippen LogP contribution in [-0.2, 0) is 13.0 Å². The molecule has 0 bridgehead atoms. The van der Waals surface area contributed by atoms with Crippen molar-refractivity contribution >= 4 is 0 Å². The maximum absolute atomic E-state index is 5.93. The molecule has 1 fully saturated rings. The van der Waals surface area contributed by atoms with E-state index in [0.29, 0.717) is 6.61 Å². The van der Waals surface area contributed by atoms with Gasteiger partial charge < -0.3 is 14.8 Å². The van der Waals surface area contributed by atoms with Gasteiger partial charge in [0.1, 0.15) is 6.54 Å². The van der Waals surface area contributed by atoms with Gasteiger partial charge in [-0.2, -0.15) is 0 Å². The molecule has 24 heavy (non-hydrogen) atoms. The molecule has 0 spiro atoms. The molecule has 0 atom stereocenters. The first-order chi connectivity index (χ1) is 11.8. The van der Waals surface area contributed by atoms with Crippen LogP contribution < -0.4 is 14.8 Å². The second-order valence-electron chi connectivity index (χ2n) is 6.55. The second kappa shape index (κ2) is 8.74. The average Bonchev–Trinajstić information content (AvgIpc) is 3.15. The van der Waals surface area contributed by atoms with Gasteiger partial charge >= 0.3 is 0 Å². The maximum atomic E-state index is 5.93. The number of hydrogen-bond acceptors (Lipinski definition) is 2. The van der Waals surface area contributed by atoms with Crippen LogP contribution in [0.25, 0.3) is 0 Å². The van der Waals surface area contributed by atoms with Crippen molar-refractivity contribution < 1.29 is 14.8 Å². The van der Waals surface area contributed by atoms with Gasteiger partial charge in [-0.3, -0.25) is 0 Å². The van der Waals surface area contributed by atoms with Crippen LogP contribution in [0.5, 0.6) is 11.5 Å². The van der Waals surface area contributed by atoms with E-state index in [0.717, 1.165) is 30.5 Å². The van der Waals surface area contributed by atoms with Crippen molar-refractivity contribution in [3.8, 4) is 11.5 Å². The summed E-state index contributed by atoms with van der Waals surface area (Å²) < 4.78 is 11.5. The fourth-order valence-electron chi connectivity index (χ4n) is 3.38.